The van der Waals surface area contributed by atoms with Crippen molar-refractivity contribution in [2.45, 2.75) is 44.3 Å². The average Bonchev–Trinajstić information content (AvgIpc) is 2.38. The van der Waals surface area contributed by atoms with Gasteiger partial charge >= 0.3 is 0 Å². The van der Waals surface area contributed by atoms with E-state index in [1.54, 1.807) is 6.92 Å². The Morgan fingerprint density at radius 3 is 2.61 bits per heavy atom. The third kappa shape index (κ3) is 2.87. The van der Waals surface area contributed by atoms with Crippen LogP contribution in [0, 0.1) is 0 Å². The molecule has 1 aliphatic heterocycles. The maximum Gasteiger partial charge on any atom is 0.189 e. The third-order valence-corrected chi connectivity index (χ3v) is 3.04. The van der Waals surface area contributed by atoms with E-state index in [1.165, 1.54) is 0 Å². The van der Waals surface area contributed by atoms with E-state index in [2.05, 4.69) is 0 Å². The molecule has 0 spiro atoms. The smallest absolute Gasteiger partial charge is 0.189 e. The molecular weight excluding hydrogens is 239 g/mol. The van der Waals surface area contributed by atoms with E-state index in [0.29, 0.717) is 0 Å². The van der Waals surface area contributed by atoms with Crippen LogP contribution in [0.3, 0.4) is 0 Å². The van der Waals surface area contributed by atoms with Gasteiger partial charge in [0, 0.05) is 0 Å². The van der Waals surface area contributed by atoms with Gasteiger partial charge in [-0.2, -0.15) is 0 Å². The highest BCUT2D eigenvalue weighted by atomic mass is 19.1. The number of aliphatic hydroxyl groups is 2. The summed E-state index contributed by atoms with van der Waals surface area (Å²) in [6.07, 6.45) is -6.13. The molecular formula is C13H17FO4. The van der Waals surface area contributed by atoms with E-state index in [4.69, 9.17) is 9.47 Å². The van der Waals surface area contributed by atoms with Crippen LogP contribution in [0.25, 0.3) is 0 Å². The second kappa shape index (κ2) is 5.75. The molecule has 18 heavy (non-hydrogen) atoms. The van der Waals surface area contributed by atoms with Crippen molar-refractivity contribution in [1.29, 1.82) is 0 Å². The fraction of sp³-hybridized carbons (Fsp3) is 0.538. The van der Waals surface area contributed by atoms with Crippen molar-refractivity contribution >= 4 is 0 Å². The molecule has 1 fully saturated rings. The van der Waals surface area contributed by atoms with Crippen LogP contribution in [0.1, 0.15) is 12.5 Å². The van der Waals surface area contributed by atoms with Gasteiger partial charge in [-0.25, -0.2) is 4.39 Å². The van der Waals surface area contributed by atoms with Crippen molar-refractivity contribution in [3.63, 3.8) is 0 Å². The topological polar surface area (TPSA) is 58.9 Å². The van der Waals surface area contributed by atoms with Crippen LogP contribution < -0.4 is 0 Å². The first-order valence-electron chi connectivity index (χ1n) is 5.91. The molecule has 2 N–H and O–H groups in total. The van der Waals surface area contributed by atoms with Crippen LogP contribution in [0.4, 0.5) is 4.39 Å². The van der Waals surface area contributed by atoms with Gasteiger partial charge in [-0.3, -0.25) is 0 Å². The van der Waals surface area contributed by atoms with Gasteiger partial charge in [-0.1, -0.05) is 30.3 Å². The summed E-state index contributed by atoms with van der Waals surface area (Å²) in [5.41, 5.74) is 0.880. The molecule has 0 aliphatic carbocycles. The van der Waals surface area contributed by atoms with Crippen molar-refractivity contribution < 1.29 is 24.1 Å². The average molecular weight is 256 g/mol. The number of aliphatic hydroxyl groups excluding tert-OH is 2. The molecule has 5 atom stereocenters. The highest BCUT2D eigenvalue weighted by Crippen LogP contribution is 2.25. The van der Waals surface area contributed by atoms with Gasteiger partial charge in [0.1, 0.15) is 12.2 Å². The molecule has 0 bridgehead atoms. The van der Waals surface area contributed by atoms with Crippen LogP contribution in [0.5, 0.6) is 0 Å². The van der Waals surface area contributed by atoms with E-state index in [0.717, 1.165) is 5.56 Å². The zero-order chi connectivity index (χ0) is 13.1. The van der Waals surface area contributed by atoms with Crippen LogP contribution in [-0.4, -0.2) is 41.0 Å². The summed E-state index contributed by atoms with van der Waals surface area (Å²) >= 11 is 0. The third-order valence-electron chi connectivity index (χ3n) is 3.04. The van der Waals surface area contributed by atoms with Gasteiger partial charge in [0.25, 0.3) is 0 Å². The lowest BCUT2D eigenvalue weighted by molar-refractivity contribution is -0.271. The van der Waals surface area contributed by atoms with Crippen LogP contribution in [0.2, 0.25) is 0 Å². The summed E-state index contributed by atoms with van der Waals surface area (Å²) in [6, 6.07) is 9.27. The summed E-state index contributed by atoms with van der Waals surface area (Å²) < 4.78 is 23.9. The molecule has 1 aliphatic rings. The number of hydrogen-bond acceptors (Lipinski definition) is 4. The first kappa shape index (κ1) is 13.4. The van der Waals surface area contributed by atoms with Crippen molar-refractivity contribution in [2.24, 2.45) is 0 Å². The van der Waals surface area contributed by atoms with Crippen molar-refractivity contribution in [2.75, 3.05) is 0 Å². The number of rotatable bonds is 3. The van der Waals surface area contributed by atoms with E-state index in [9.17, 15) is 14.6 Å². The van der Waals surface area contributed by atoms with Crippen LogP contribution in [0.15, 0.2) is 30.3 Å². The van der Waals surface area contributed by atoms with E-state index in [-0.39, 0.29) is 6.61 Å². The highest BCUT2D eigenvalue weighted by Gasteiger charge is 2.44. The minimum absolute atomic E-state index is 0.183. The second-order valence-electron chi connectivity index (χ2n) is 4.43. The Bertz CT molecular complexity index is 359. The normalized spacial score (nSPS) is 36.6. The Morgan fingerprint density at radius 2 is 1.94 bits per heavy atom. The predicted molar refractivity (Wildman–Crippen MR) is 62.5 cm³/mol. The van der Waals surface area contributed by atoms with Gasteiger partial charge in [0.2, 0.25) is 0 Å². The Labute approximate surface area is 105 Å². The molecule has 0 unspecified atom stereocenters. The molecule has 1 saturated heterocycles. The van der Waals surface area contributed by atoms with Crippen molar-refractivity contribution in [1.82, 2.24) is 0 Å². The molecule has 0 radical (unpaired) electrons. The maximum absolute atomic E-state index is 13.7. The first-order chi connectivity index (χ1) is 8.59. The van der Waals surface area contributed by atoms with Gasteiger partial charge in [0.15, 0.2) is 12.5 Å². The van der Waals surface area contributed by atoms with Crippen molar-refractivity contribution in [3.8, 4) is 0 Å². The van der Waals surface area contributed by atoms with Crippen LogP contribution >= 0.6 is 0 Å². The Morgan fingerprint density at radius 1 is 1.28 bits per heavy atom. The first-order valence-corrected chi connectivity index (χ1v) is 5.91. The molecule has 100 valence electrons. The lowest BCUT2D eigenvalue weighted by atomic mass is 10.0. The van der Waals surface area contributed by atoms with E-state index in [1.807, 2.05) is 30.3 Å². The Hall–Kier alpha value is -1.01. The highest BCUT2D eigenvalue weighted by molar-refractivity contribution is 5.13. The van der Waals surface area contributed by atoms with E-state index < -0.39 is 30.8 Å². The zero-order valence-electron chi connectivity index (χ0n) is 10.1. The number of benzene rings is 1. The number of alkyl halides is 1. The quantitative estimate of drug-likeness (QED) is 0.847. The summed E-state index contributed by atoms with van der Waals surface area (Å²) in [5.74, 6) is 0. The largest absolute Gasteiger partial charge is 0.388 e. The SMILES string of the molecule is C[C@@H]1O[C@H](O)[C@H](F)[C@H](OCc2ccccc2)[C@@H]1O. The number of ether oxygens (including phenoxy) is 2. The fourth-order valence-electron chi connectivity index (χ4n) is 1.95. The molecule has 0 amide bonds. The van der Waals surface area contributed by atoms with Gasteiger partial charge < -0.3 is 19.7 Å². The van der Waals surface area contributed by atoms with Crippen molar-refractivity contribution in [3.05, 3.63) is 35.9 Å². The second-order valence-corrected chi connectivity index (χ2v) is 4.43. The molecule has 1 aromatic rings. The monoisotopic (exact) mass is 256 g/mol. The predicted octanol–water partition coefficient (Wildman–Crippen LogP) is 1.01. The minimum Gasteiger partial charge on any atom is -0.388 e. The zero-order valence-corrected chi connectivity index (χ0v) is 10.1. The fourth-order valence-corrected chi connectivity index (χ4v) is 1.95. The standard InChI is InChI=1S/C13H17FO4/c1-8-11(15)12(10(14)13(16)18-8)17-7-9-5-3-2-4-6-9/h2-6,8,10-13,15-16H,7H2,1H3/t8-,10+,11+,12-,13-/m0/s1. The lowest BCUT2D eigenvalue weighted by Gasteiger charge is -2.38. The van der Waals surface area contributed by atoms with Gasteiger partial charge in [0.05, 0.1) is 12.7 Å². The summed E-state index contributed by atoms with van der Waals surface area (Å²) in [5, 5.41) is 19.1. The molecule has 0 aromatic heterocycles. The molecule has 1 aromatic carbocycles. The Kier molecular flexibility index (Phi) is 4.29. The maximum atomic E-state index is 13.7. The minimum atomic E-state index is -1.75. The summed E-state index contributed by atoms with van der Waals surface area (Å²) in [7, 11) is 0. The molecule has 2 rings (SSSR count). The molecule has 1 heterocycles. The Balaban J connectivity index is 1.98. The number of halogens is 1. The van der Waals surface area contributed by atoms with Crippen LogP contribution in [-0.2, 0) is 16.1 Å². The molecule has 0 saturated carbocycles. The molecule has 4 nitrogen and oxygen atoms in total. The van der Waals surface area contributed by atoms with Gasteiger partial charge in [-0.15, -0.1) is 0 Å². The van der Waals surface area contributed by atoms with E-state index >= 15 is 0 Å². The lowest BCUT2D eigenvalue weighted by Crippen LogP contribution is -2.55. The number of hydrogen-bond donors (Lipinski definition) is 2. The summed E-state index contributed by atoms with van der Waals surface area (Å²) in [4.78, 5) is 0. The summed E-state index contributed by atoms with van der Waals surface area (Å²) in [6.45, 7) is 1.75. The molecule has 5 heteroatoms. The van der Waals surface area contributed by atoms with Gasteiger partial charge in [-0.05, 0) is 12.5 Å².